The maximum Gasteiger partial charge on any atom is 0.254 e. The third kappa shape index (κ3) is 3.60. The molecule has 0 spiro atoms. The quantitative estimate of drug-likeness (QED) is 0.490. The van der Waals surface area contributed by atoms with Crippen molar-refractivity contribution >= 4 is 52.5 Å². The predicted octanol–water partition coefficient (Wildman–Crippen LogP) is -0.269. The normalized spacial score (nSPS) is 21.4. The van der Waals surface area contributed by atoms with E-state index in [-0.39, 0.29) is 22.1 Å². The summed E-state index contributed by atoms with van der Waals surface area (Å²) < 4.78 is 0. The van der Waals surface area contributed by atoms with Gasteiger partial charge in [-0.15, -0.1) is 11.8 Å². The highest BCUT2D eigenvalue weighted by molar-refractivity contribution is 8.00. The molecule has 8 nitrogen and oxygen atoms in total. The lowest BCUT2D eigenvalue weighted by Crippen LogP contribution is -2.66. The van der Waals surface area contributed by atoms with Gasteiger partial charge in [-0.05, 0) is 29.9 Å². The number of hydrogen-bond donors (Lipinski definition) is 3. The van der Waals surface area contributed by atoms with Crippen molar-refractivity contribution in [2.24, 2.45) is 0 Å². The summed E-state index contributed by atoms with van der Waals surface area (Å²) in [7, 11) is 3.89. The van der Waals surface area contributed by atoms with Crippen LogP contribution in [0, 0.1) is 0 Å². The summed E-state index contributed by atoms with van der Waals surface area (Å²) in [6.45, 7) is 0. The molecule has 0 saturated carbocycles. The largest absolute Gasteiger partial charge is 0.378 e. The molecule has 0 aromatic heterocycles. The van der Waals surface area contributed by atoms with E-state index in [1.54, 1.807) is 0 Å². The molecule has 0 aliphatic carbocycles. The van der Waals surface area contributed by atoms with Crippen LogP contribution in [0.1, 0.15) is 10.9 Å². The summed E-state index contributed by atoms with van der Waals surface area (Å²) in [6.07, 6.45) is 0. The molecule has 2 fully saturated rings. The molecule has 132 valence electrons. The molecule has 1 aromatic rings. The fourth-order valence-electron chi connectivity index (χ4n) is 2.52. The molecule has 2 aliphatic rings. The number of thioether (sulfide) groups is 1. The van der Waals surface area contributed by atoms with E-state index in [1.165, 1.54) is 16.8 Å². The van der Waals surface area contributed by atoms with Crippen molar-refractivity contribution in [2.75, 3.05) is 24.7 Å². The van der Waals surface area contributed by atoms with Crippen molar-refractivity contribution in [1.29, 1.82) is 0 Å². The Morgan fingerprint density at radius 2 is 1.76 bits per heavy atom. The second kappa shape index (κ2) is 6.98. The minimum absolute atomic E-state index is 0.0361. The number of carbonyl (C=O) groups excluding carboxylic acids is 3. The average molecular weight is 379 g/mol. The van der Waals surface area contributed by atoms with Gasteiger partial charge < -0.3 is 15.5 Å². The Balaban J connectivity index is 1.79. The van der Waals surface area contributed by atoms with Gasteiger partial charge in [-0.1, -0.05) is 12.1 Å². The van der Waals surface area contributed by atoms with Crippen molar-refractivity contribution in [3.05, 3.63) is 29.8 Å². The summed E-state index contributed by atoms with van der Waals surface area (Å²) in [6, 6.07) is 6.55. The number of anilines is 1. The van der Waals surface area contributed by atoms with Gasteiger partial charge in [0.2, 0.25) is 5.91 Å². The first kappa shape index (κ1) is 17.6. The first-order chi connectivity index (χ1) is 11.9. The fourth-order valence-corrected chi connectivity index (χ4v) is 3.84. The molecule has 10 heteroatoms. The summed E-state index contributed by atoms with van der Waals surface area (Å²) in [5.41, 5.74) is 4.69. The number of nitrogens with one attached hydrogen (secondary N) is 3. The smallest absolute Gasteiger partial charge is 0.254 e. The zero-order valence-electron chi connectivity index (χ0n) is 13.6. The van der Waals surface area contributed by atoms with Crippen LogP contribution in [0.5, 0.6) is 0 Å². The monoisotopic (exact) mass is 379 g/mol. The standard InChI is InChI=1S/C15H17N5O3S2/c1-19(2)9-5-3-8(4-6-9)14-20(10(21)7-25-14)18-11-12(22)16-15(24)17-13(11)23/h3-6,11,14,18H,7H2,1-2H3,(H2,16,17,22,23,24). The molecule has 2 heterocycles. The van der Waals surface area contributed by atoms with Gasteiger partial charge in [0.05, 0.1) is 5.75 Å². The number of rotatable bonds is 4. The van der Waals surface area contributed by atoms with Gasteiger partial charge in [-0.2, -0.15) is 0 Å². The summed E-state index contributed by atoms with van der Waals surface area (Å²) in [4.78, 5) is 38.2. The van der Waals surface area contributed by atoms with E-state index in [1.807, 2.05) is 43.3 Å². The van der Waals surface area contributed by atoms with Crippen molar-refractivity contribution < 1.29 is 14.4 Å². The van der Waals surface area contributed by atoms with E-state index in [2.05, 4.69) is 16.1 Å². The van der Waals surface area contributed by atoms with Crippen LogP contribution in [-0.2, 0) is 14.4 Å². The lowest BCUT2D eigenvalue weighted by molar-refractivity contribution is -0.139. The molecular formula is C15H17N5O3S2. The molecule has 2 saturated heterocycles. The molecule has 1 aromatic carbocycles. The van der Waals surface area contributed by atoms with Crippen molar-refractivity contribution in [1.82, 2.24) is 21.1 Å². The third-order valence-corrected chi connectivity index (χ3v) is 5.25. The van der Waals surface area contributed by atoms with Crippen LogP contribution in [0.3, 0.4) is 0 Å². The fraction of sp³-hybridized carbons (Fsp3) is 0.333. The van der Waals surface area contributed by atoms with E-state index in [4.69, 9.17) is 12.2 Å². The Morgan fingerprint density at radius 1 is 1.16 bits per heavy atom. The first-order valence-corrected chi connectivity index (χ1v) is 8.95. The predicted molar refractivity (Wildman–Crippen MR) is 98.6 cm³/mol. The van der Waals surface area contributed by atoms with Crippen molar-refractivity contribution in [3.63, 3.8) is 0 Å². The van der Waals surface area contributed by atoms with Crippen LogP contribution >= 0.6 is 24.0 Å². The number of hydrogen-bond acceptors (Lipinski definition) is 7. The summed E-state index contributed by atoms with van der Waals surface area (Å²) >= 11 is 6.20. The number of nitrogens with zero attached hydrogens (tertiary/aromatic N) is 2. The Bertz CT molecular complexity index is 717. The SMILES string of the molecule is CN(C)c1ccc(C2SCC(=O)N2NC2C(=O)NC(=S)NC2=O)cc1. The highest BCUT2D eigenvalue weighted by Gasteiger charge is 2.40. The van der Waals surface area contributed by atoms with Gasteiger partial charge in [0.15, 0.2) is 11.2 Å². The third-order valence-electron chi connectivity index (χ3n) is 3.83. The molecule has 0 bridgehead atoms. The Hall–Kier alpha value is -2.17. The lowest BCUT2D eigenvalue weighted by Gasteiger charge is -2.31. The Kier molecular flexibility index (Phi) is 4.93. The van der Waals surface area contributed by atoms with Gasteiger partial charge in [-0.25, -0.2) is 5.43 Å². The van der Waals surface area contributed by atoms with E-state index in [0.717, 1.165) is 11.3 Å². The maximum atomic E-state index is 12.2. The number of thiocarbonyl (C=S) groups is 1. The van der Waals surface area contributed by atoms with Crippen LogP contribution in [0.2, 0.25) is 0 Å². The van der Waals surface area contributed by atoms with Gasteiger partial charge in [-0.3, -0.25) is 19.4 Å². The van der Waals surface area contributed by atoms with E-state index >= 15 is 0 Å². The average Bonchev–Trinajstić information content (AvgIpc) is 2.91. The Morgan fingerprint density at radius 3 is 2.32 bits per heavy atom. The highest BCUT2D eigenvalue weighted by Crippen LogP contribution is 2.37. The van der Waals surface area contributed by atoms with Crippen LogP contribution in [0.4, 0.5) is 5.69 Å². The number of hydrazine groups is 1. The minimum Gasteiger partial charge on any atom is -0.378 e. The lowest BCUT2D eigenvalue weighted by atomic mass is 10.2. The zero-order chi connectivity index (χ0) is 18.1. The first-order valence-electron chi connectivity index (χ1n) is 7.49. The second-order valence-corrected chi connectivity index (χ2v) is 7.26. The molecule has 1 atom stereocenters. The summed E-state index contributed by atoms with van der Waals surface area (Å²) in [5.74, 6) is -1.10. The zero-order valence-corrected chi connectivity index (χ0v) is 15.2. The molecule has 25 heavy (non-hydrogen) atoms. The van der Waals surface area contributed by atoms with Crippen molar-refractivity contribution in [3.8, 4) is 0 Å². The molecule has 3 amide bonds. The van der Waals surface area contributed by atoms with E-state index in [0.29, 0.717) is 0 Å². The Labute approximate surface area is 154 Å². The van der Waals surface area contributed by atoms with Gasteiger partial charge in [0, 0.05) is 19.8 Å². The van der Waals surface area contributed by atoms with Crippen LogP contribution in [0.25, 0.3) is 0 Å². The molecule has 3 rings (SSSR count). The molecule has 3 N–H and O–H groups in total. The minimum atomic E-state index is -1.21. The number of amides is 3. The molecule has 1 unspecified atom stereocenters. The highest BCUT2D eigenvalue weighted by atomic mass is 32.2. The van der Waals surface area contributed by atoms with Crippen LogP contribution in [-0.4, -0.2) is 53.7 Å². The summed E-state index contributed by atoms with van der Waals surface area (Å²) in [5, 5.41) is 5.73. The van der Waals surface area contributed by atoms with Crippen molar-refractivity contribution in [2.45, 2.75) is 11.4 Å². The van der Waals surface area contributed by atoms with Gasteiger partial charge in [0.25, 0.3) is 11.8 Å². The maximum absolute atomic E-state index is 12.2. The number of carbonyl (C=O) groups is 3. The molecular weight excluding hydrogens is 362 g/mol. The van der Waals surface area contributed by atoms with E-state index < -0.39 is 17.9 Å². The number of benzene rings is 1. The van der Waals surface area contributed by atoms with Crippen LogP contribution in [0.15, 0.2) is 24.3 Å². The molecule has 2 aliphatic heterocycles. The van der Waals surface area contributed by atoms with Gasteiger partial charge >= 0.3 is 0 Å². The van der Waals surface area contributed by atoms with Crippen LogP contribution < -0.4 is 21.0 Å². The second-order valence-electron chi connectivity index (χ2n) is 5.78. The molecule has 0 radical (unpaired) electrons. The van der Waals surface area contributed by atoms with E-state index in [9.17, 15) is 14.4 Å². The topological polar surface area (TPSA) is 93.8 Å². The van der Waals surface area contributed by atoms with Gasteiger partial charge in [0.1, 0.15) is 5.37 Å².